The van der Waals surface area contributed by atoms with Gasteiger partial charge in [0, 0.05) is 13.0 Å². The van der Waals surface area contributed by atoms with Crippen molar-refractivity contribution in [3.05, 3.63) is 71.5 Å². The number of fused-ring (bicyclic) bond motifs is 1. The molecule has 23 heavy (non-hydrogen) atoms. The lowest BCUT2D eigenvalue weighted by atomic mass is 9.76. The van der Waals surface area contributed by atoms with Crippen molar-refractivity contribution in [3.8, 4) is 0 Å². The van der Waals surface area contributed by atoms with Gasteiger partial charge in [-0.15, -0.1) is 0 Å². The molecule has 0 N–H and O–H groups in total. The van der Waals surface area contributed by atoms with Gasteiger partial charge in [-0.25, -0.2) is 4.79 Å². The molecule has 4 heteroatoms. The highest BCUT2D eigenvalue weighted by molar-refractivity contribution is 5.94. The summed E-state index contributed by atoms with van der Waals surface area (Å²) in [6.45, 7) is 0.308. The standard InChI is InChI=1S/C19H18O4/c1-21-16-11-18-8-9-19(16,22-2)14(13-6-4-3-5-7-13)10-15(18)17(20)23-12-18/h3-11,14H,12H2,1-2H3/t14-,18+,19-/m1/s1. The summed E-state index contributed by atoms with van der Waals surface area (Å²) in [6.07, 6.45) is 7.97. The van der Waals surface area contributed by atoms with Gasteiger partial charge >= 0.3 is 5.97 Å². The zero-order valence-corrected chi connectivity index (χ0v) is 13.1. The van der Waals surface area contributed by atoms with Gasteiger partial charge in [-0.1, -0.05) is 42.5 Å². The van der Waals surface area contributed by atoms with Gasteiger partial charge in [0.1, 0.15) is 12.4 Å². The summed E-state index contributed by atoms with van der Waals surface area (Å²) in [5, 5.41) is 0. The highest BCUT2D eigenvalue weighted by Gasteiger charge is 2.55. The minimum Gasteiger partial charge on any atom is -0.498 e. The number of ether oxygens (including phenoxy) is 3. The molecule has 0 unspecified atom stereocenters. The minimum atomic E-state index is -0.751. The number of cyclic esters (lactones) is 1. The fourth-order valence-corrected chi connectivity index (χ4v) is 3.83. The summed E-state index contributed by atoms with van der Waals surface area (Å²) in [5.41, 5.74) is 0.424. The number of esters is 1. The Balaban J connectivity index is 1.99. The molecule has 1 aromatic rings. The van der Waals surface area contributed by atoms with Gasteiger partial charge < -0.3 is 14.2 Å². The van der Waals surface area contributed by atoms with Crippen LogP contribution in [0.25, 0.3) is 0 Å². The Morgan fingerprint density at radius 3 is 2.65 bits per heavy atom. The first-order chi connectivity index (χ1) is 11.1. The lowest BCUT2D eigenvalue weighted by Gasteiger charge is -2.38. The van der Waals surface area contributed by atoms with Crippen LogP contribution in [-0.2, 0) is 19.0 Å². The van der Waals surface area contributed by atoms with Crippen molar-refractivity contribution < 1.29 is 19.0 Å². The summed E-state index contributed by atoms with van der Waals surface area (Å²) in [5.74, 6) is 0.276. The number of methoxy groups -OCH3 is 2. The van der Waals surface area contributed by atoms with E-state index in [-0.39, 0.29) is 11.9 Å². The smallest absolute Gasteiger partial charge is 0.335 e. The fourth-order valence-electron chi connectivity index (χ4n) is 3.83. The van der Waals surface area contributed by atoms with Crippen LogP contribution in [0, 0.1) is 5.41 Å². The van der Waals surface area contributed by atoms with Gasteiger partial charge in [0.15, 0.2) is 5.60 Å². The third kappa shape index (κ3) is 1.78. The maximum Gasteiger partial charge on any atom is 0.335 e. The van der Waals surface area contributed by atoms with Crippen molar-refractivity contribution in [2.75, 3.05) is 20.8 Å². The highest BCUT2D eigenvalue weighted by atomic mass is 16.5. The summed E-state index contributed by atoms with van der Waals surface area (Å²) < 4.78 is 16.9. The maximum absolute atomic E-state index is 12.3. The predicted molar refractivity (Wildman–Crippen MR) is 84.6 cm³/mol. The molecule has 0 amide bonds. The van der Waals surface area contributed by atoms with Crippen LogP contribution in [0.5, 0.6) is 0 Å². The quantitative estimate of drug-likeness (QED) is 0.636. The number of carbonyl (C=O) groups excluding carboxylic acids is 1. The maximum atomic E-state index is 12.3. The van der Waals surface area contributed by atoms with E-state index >= 15 is 0 Å². The van der Waals surface area contributed by atoms with E-state index in [1.165, 1.54) is 0 Å². The molecular weight excluding hydrogens is 292 g/mol. The summed E-state index contributed by atoms with van der Waals surface area (Å²) in [7, 11) is 3.31. The van der Waals surface area contributed by atoms with Crippen molar-refractivity contribution in [3.63, 3.8) is 0 Å². The molecular formula is C19H18O4. The minimum absolute atomic E-state index is 0.166. The van der Waals surface area contributed by atoms with E-state index in [9.17, 15) is 4.79 Å². The third-order valence-corrected chi connectivity index (χ3v) is 5.08. The largest absolute Gasteiger partial charge is 0.498 e. The molecule has 0 saturated carbocycles. The van der Waals surface area contributed by atoms with Crippen molar-refractivity contribution in [1.29, 1.82) is 0 Å². The summed E-state index contributed by atoms with van der Waals surface area (Å²) in [4.78, 5) is 12.3. The van der Waals surface area contributed by atoms with Crippen LogP contribution in [0.15, 0.2) is 66.0 Å². The van der Waals surface area contributed by atoms with E-state index in [1.54, 1.807) is 14.2 Å². The van der Waals surface area contributed by atoms with Crippen molar-refractivity contribution in [1.82, 2.24) is 0 Å². The normalized spacial score (nSPS) is 34.3. The van der Waals surface area contributed by atoms with Gasteiger partial charge in [0.2, 0.25) is 0 Å². The van der Waals surface area contributed by atoms with Gasteiger partial charge in [-0.05, 0) is 17.7 Å². The molecule has 1 aromatic carbocycles. The van der Waals surface area contributed by atoms with Gasteiger partial charge in [-0.2, -0.15) is 0 Å². The molecule has 1 saturated heterocycles. The van der Waals surface area contributed by atoms with Gasteiger partial charge in [-0.3, -0.25) is 0 Å². The SMILES string of the molecule is COC1=C[C@]23C=C[C@@]1(OC)[C@@H](c1ccccc1)C=C2C(=O)OC3. The molecule has 4 nitrogen and oxygen atoms in total. The molecule has 0 radical (unpaired) electrons. The first-order valence-electron chi connectivity index (χ1n) is 7.62. The molecule has 3 aliphatic carbocycles. The summed E-state index contributed by atoms with van der Waals surface area (Å²) in [6, 6.07) is 10.0. The monoisotopic (exact) mass is 310 g/mol. The van der Waals surface area contributed by atoms with E-state index in [1.807, 2.05) is 54.6 Å². The molecule has 1 aliphatic heterocycles. The van der Waals surface area contributed by atoms with Crippen LogP contribution in [0.4, 0.5) is 0 Å². The molecule has 118 valence electrons. The molecule has 0 aromatic heterocycles. The Morgan fingerprint density at radius 2 is 1.96 bits per heavy atom. The van der Waals surface area contributed by atoms with Crippen LogP contribution in [0.3, 0.4) is 0 Å². The van der Waals surface area contributed by atoms with Crippen molar-refractivity contribution in [2.24, 2.45) is 5.41 Å². The zero-order chi connectivity index (χ0) is 16.1. The average Bonchev–Trinajstić information content (AvgIpc) is 2.77. The molecule has 4 aliphatic rings. The third-order valence-electron chi connectivity index (χ3n) is 5.08. The van der Waals surface area contributed by atoms with E-state index in [0.717, 1.165) is 5.56 Å². The Kier molecular flexibility index (Phi) is 3.00. The van der Waals surface area contributed by atoms with Crippen LogP contribution in [-0.4, -0.2) is 32.4 Å². The number of hydrogen-bond acceptors (Lipinski definition) is 4. The Hall–Kier alpha value is -2.33. The lowest BCUT2D eigenvalue weighted by molar-refractivity contribution is -0.135. The Bertz CT molecular complexity index is 746. The van der Waals surface area contributed by atoms with Gasteiger partial charge in [0.05, 0.1) is 18.1 Å². The fraction of sp³-hybridized carbons (Fsp3) is 0.316. The Morgan fingerprint density at radius 1 is 1.17 bits per heavy atom. The Labute approximate surface area is 135 Å². The molecule has 1 spiro atoms. The highest BCUT2D eigenvalue weighted by Crippen LogP contribution is 2.53. The first kappa shape index (κ1) is 14.3. The number of hydrogen-bond donors (Lipinski definition) is 0. The number of carbonyl (C=O) groups is 1. The van der Waals surface area contributed by atoms with Crippen molar-refractivity contribution >= 4 is 5.97 Å². The van der Waals surface area contributed by atoms with E-state index in [4.69, 9.17) is 14.2 Å². The van der Waals surface area contributed by atoms with E-state index < -0.39 is 11.0 Å². The topological polar surface area (TPSA) is 44.8 Å². The summed E-state index contributed by atoms with van der Waals surface area (Å²) >= 11 is 0. The van der Waals surface area contributed by atoms with Crippen LogP contribution < -0.4 is 0 Å². The molecule has 5 rings (SSSR count). The molecule has 1 heterocycles. The first-order valence-corrected chi connectivity index (χ1v) is 7.62. The average molecular weight is 310 g/mol. The number of benzene rings is 1. The van der Waals surface area contributed by atoms with Crippen molar-refractivity contribution in [2.45, 2.75) is 11.5 Å². The molecule has 2 bridgehead atoms. The van der Waals surface area contributed by atoms with E-state index in [2.05, 4.69) is 0 Å². The van der Waals surface area contributed by atoms with Crippen LogP contribution in [0.1, 0.15) is 11.5 Å². The zero-order valence-electron chi connectivity index (χ0n) is 13.1. The predicted octanol–water partition coefficient (Wildman–Crippen LogP) is 2.74. The second-order valence-electron chi connectivity index (χ2n) is 6.13. The second-order valence-corrected chi connectivity index (χ2v) is 6.13. The van der Waals surface area contributed by atoms with Crippen LogP contribution in [0.2, 0.25) is 0 Å². The lowest BCUT2D eigenvalue weighted by Crippen LogP contribution is -2.40. The number of rotatable bonds is 3. The molecule has 1 fully saturated rings. The van der Waals surface area contributed by atoms with E-state index in [0.29, 0.717) is 17.9 Å². The van der Waals surface area contributed by atoms with Gasteiger partial charge in [0.25, 0.3) is 0 Å². The second kappa shape index (κ2) is 4.83. The molecule has 3 atom stereocenters. The van der Waals surface area contributed by atoms with Crippen LogP contribution >= 0.6 is 0 Å².